The molecule has 0 bridgehead atoms. The average molecular weight is 423 g/mol. The summed E-state index contributed by atoms with van der Waals surface area (Å²) < 4.78 is 65.9. The summed E-state index contributed by atoms with van der Waals surface area (Å²) in [6.45, 7) is 0.266. The van der Waals surface area contributed by atoms with Crippen molar-refractivity contribution in [2.75, 3.05) is 21.3 Å². The summed E-state index contributed by atoms with van der Waals surface area (Å²) in [5.74, 6) is -1.42. The van der Waals surface area contributed by atoms with E-state index in [4.69, 9.17) is 9.47 Å². The van der Waals surface area contributed by atoms with Crippen LogP contribution in [-0.2, 0) is 16.6 Å². The second-order valence-electron chi connectivity index (χ2n) is 6.02. The summed E-state index contributed by atoms with van der Waals surface area (Å²) in [6.07, 6.45) is 1.14. The van der Waals surface area contributed by atoms with Gasteiger partial charge < -0.3 is 14.8 Å². The van der Waals surface area contributed by atoms with E-state index in [1.165, 1.54) is 38.5 Å². The highest BCUT2D eigenvalue weighted by Crippen LogP contribution is 2.36. The maximum absolute atomic E-state index is 14.5. The molecule has 0 unspecified atom stereocenters. The van der Waals surface area contributed by atoms with Crippen LogP contribution in [0.1, 0.15) is 5.56 Å². The second-order valence-corrected chi connectivity index (χ2v) is 7.81. The molecule has 3 rings (SSSR count). The third-order valence-electron chi connectivity index (χ3n) is 4.21. The predicted molar refractivity (Wildman–Crippen MR) is 102 cm³/mol. The van der Waals surface area contributed by atoms with Crippen LogP contribution in [0.15, 0.2) is 47.5 Å². The number of hydrogen-bond acceptors (Lipinski definition) is 6. The molecule has 1 N–H and O–H groups in total. The Morgan fingerprint density at radius 3 is 2.41 bits per heavy atom. The first-order valence-electron chi connectivity index (χ1n) is 8.47. The van der Waals surface area contributed by atoms with Gasteiger partial charge >= 0.3 is 0 Å². The fraction of sp³-hybridized carbons (Fsp3) is 0.211. The molecular formula is C19H19F2N3O4S. The Labute approximate surface area is 167 Å². The number of aromatic nitrogens is 2. The lowest BCUT2D eigenvalue weighted by atomic mass is 10.1. The number of halogens is 2. The highest BCUT2D eigenvalue weighted by atomic mass is 32.2. The van der Waals surface area contributed by atoms with Gasteiger partial charge in [-0.2, -0.15) is 0 Å². The molecular weight excluding hydrogens is 404 g/mol. The lowest BCUT2D eigenvalue weighted by molar-refractivity contribution is 0.387. The Morgan fingerprint density at radius 2 is 1.86 bits per heavy atom. The van der Waals surface area contributed by atoms with Crippen LogP contribution in [0.25, 0.3) is 11.3 Å². The standard InChI is InChI=1S/C19H19F2N3O4S/c1-22-10-12-8-17(15-6-4-13(20)9-16(15)21)24(19(12)28-3)29(25,26)14-5-7-18(27-2)23-11-14/h4-9,11,22H,10H2,1-3H3. The fourth-order valence-corrected chi connectivity index (χ4v) is 4.38. The van der Waals surface area contributed by atoms with Gasteiger partial charge in [0.2, 0.25) is 11.8 Å². The molecule has 10 heteroatoms. The van der Waals surface area contributed by atoms with Gasteiger partial charge in [-0.3, -0.25) is 0 Å². The summed E-state index contributed by atoms with van der Waals surface area (Å²) in [5.41, 5.74) is 0.399. The van der Waals surface area contributed by atoms with Gasteiger partial charge in [-0.25, -0.2) is 26.2 Å². The van der Waals surface area contributed by atoms with E-state index in [-0.39, 0.29) is 34.5 Å². The van der Waals surface area contributed by atoms with Crippen molar-refractivity contribution in [3.8, 4) is 23.0 Å². The van der Waals surface area contributed by atoms with Crippen molar-refractivity contribution in [1.82, 2.24) is 14.3 Å². The Morgan fingerprint density at radius 1 is 1.10 bits per heavy atom. The minimum absolute atomic E-state index is 0.000387. The van der Waals surface area contributed by atoms with E-state index >= 15 is 0 Å². The smallest absolute Gasteiger partial charge is 0.272 e. The number of nitrogens with zero attached hydrogens (tertiary/aromatic N) is 2. The van der Waals surface area contributed by atoms with Gasteiger partial charge in [0.25, 0.3) is 10.0 Å². The van der Waals surface area contributed by atoms with Crippen LogP contribution in [0.4, 0.5) is 8.78 Å². The highest BCUT2D eigenvalue weighted by molar-refractivity contribution is 7.90. The molecule has 7 nitrogen and oxygen atoms in total. The van der Waals surface area contributed by atoms with Crippen LogP contribution in [0.5, 0.6) is 11.8 Å². The van der Waals surface area contributed by atoms with Crippen LogP contribution in [0.2, 0.25) is 0 Å². The van der Waals surface area contributed by atoms with Crippen molar-refractivity contribution in [2.24, 2.45) is 0 Å². The molecule has 0 spiro atoms. The maximum Gasteiger partial charge on any atom is 0.272 e. The molecule has 0 amide bonds. The van der Waals surface area contributed by atoms with Gasteiger partial charge in [-0.05, 0) is 31.3 Å². The van der Waals surface area contributed by atoms with Crippen molar-refractivity contribution < 1.29 is 26.7 Å². The number of hydrogen-bond donors (Lipinski definition) is 1. The van der Waals surface area contributed by atoms with Crippen molar-refractivity contribution in [2.45, 2.75) is 11.4 Å². The molecule has 0 radical (unpaired) electrons. The summed E-state index contributed by atoms with van der Waals surface area (Å²) in [4.78, 5) is 3.78. The van der Waals surface area contributed by atoms with Gasteiger partial charge in [-0.1, -0.05) is 0 Å². The normalized spacial score (nSPS) is 11.5. The molecule has 2 aromatic heterocycles. The van der Waals surface area contributed by atoms with Crippen LogP contribution in [0, 0.1) is 11.6 Å². The van der Waals surface area contributed by atoms with Crippen molar-refractivity contribution >= 4 is 10.0 Å². The maximum atomic E-state index is 14.5. The van der Waals surface area contributed by atoms with Crippen LogP contribution >= 0.6 is 0 Å². The lowest BCUT2D eigenvalue weighted by Crippen LogP contribution is -2.16. The Hall–Kier alpha value is -2.98. The van der Waals surface area contributed by atoms with E-state index in [1.54, 1.807) is 7.05 Å². The molecule has 29 heavy (non-hydrogen) atoms. The van der Waals surface area contributed by atoms with Crippen molar-refractivity contribution in [3.63, 3.8) is 0 Å². The number of benzene rings is 1. The van der Waals surface area contributed by atoms with Gasteiger partial charge in [0.15, 0.2) is 0 Å². The third kappa shape index (κ3) is 3.81. The predicted octanol–water partition coefficient (Wildman–Crippen LogP) is 2.80. The van der Waals surface area contributed by atoms with E-state index in [1.807, 2.05) is 0 Å². The third-order valence-corrected chi connectivity index (χ3v) is 5.89. The van der Waals surface area contributed by atoms with E-state index in [0.29, 0.717) is 11.6 Å². The van der Waals surface area contributed by atoms with E-state index in [2.05, 4.69) is 10.3 Å². The molecule has 0 aliphatic heterocycles. The van der Waals surface area contributed by atoms with E-state index < -0.39 is 21.7 Å². The minimum atomic E-state index is -4.22. The monoisotopic (exact) mass is 423 g/mol. The molecule has 154 valence electrons. The molecule has 2 heterocycles. The number of rotatable bonds is 7. The van der Waals surface area contributed by atoms with E-state index in [0.717, 1.165) is 16.2 Å². The highest BCUT2D eigenvalue weighted by Gasteiger charge is 2.29. The summed E-state index contributed by atoms with van der Waals surface area (Å²) in [5, 5.41) is 2.91. The van der Waals surface area contributed by atoms with Crippen LogP contribution in [0.3, 0.4) is 0 Å². The summed E-state index contributed by atoms with van der Waals surface area (Å²) in [6, 6.07) is 7.14. The first kappa shape index (κ1) is 20.7. The number of methoxy groups -OCH3 is 2. The first-order valence-corrected chi connectivity index (χ1v) is 9.91. The van der Waals surface area contributed by atoms with Crippen LogP contribution in [-0.4, -0.2) is 38.6 Å². The zero-order valence-electron chi connectivity index (χ0n) is 15.9. The second kappa shape index (κ2) is 8.18. The molecule has 0 saturated carbocycles. The van der Waals surface area contributed by atoms with E-state index in [9.17, 15) is 17.2 Å². The molecule has 0 atom stereocenters. The molecule has 3 aromatic rings. The zero-order chi connectivity index (χ0) is 21.2. The molecule has 0 fully saturated rings. The van der Waals surface area contributed by atoms with Gasteiger partial charge in [-0.15, -0.1) is 0 Å². The Kier molecular flexibility index (Phi) is 5.85. The first-order chi connectivity index (χ1) is 13.8. The topological polar surface area (TPSA) is 82.5 Å². The van der Waals surface area contributed by atoms with Gasteiger partial charge in [0.05, 0.1) is 26.1 Å². The van der Waals surface area contributed by atoms with Gasteiger partial charge in [0.1, 0.15) is 16.5 Å². The summed E-state index contributed by atoms with van der Waals surface area (Å²) >= 11 is 0. The molecule has 0 aliphatic carbocycles. The van der Waals surface area contributed by atoms with Gasteiger partial charge in [0, 0.05) is 29.8 Å². The van der Waals surface area contributed by atoms with Crippen molar-refractivity contribution in [3.05, 3.63) is 59.8 Å². The fourth-order valence-electron chi connectivity index (χ4n) is 2.92. The largest absolute Gasteiger partial charge is 0.481 e. The Balaban J connectivity index is 2.30. The molecule has 1 aromatic carbocycles. The summed E-state index contributed by atoms with van der Waals surface area (Å²) in [7, 11) is 0.178. The number of pyridine rings is 1. The number of ether oxygens (including phenoxy) is 2. The molecule has 0 aliphatic rings. The molecule has 0 saturated heterocycles. The SMILES string of the molecule is CNCc1cc(-c2ccc(F)cc2F)n(S(=O)(=O)c2ccc(OC)nc2)c1OC. The van der Waals surface area contributed by atoms with Crippen LogP contribution < -0.4 is 14.8 Å². The Bertz CT molecular complexity index is 1130. The number of nitrogens with one attached hydrogen (secondary N) is 1. The lowest BCUT2D eigenvalue weighted by Gasteiger charge is -2.14. The zero-order valence-corrected chi connectivity index (χ0v) is 16.8. The minimum Gasteiger partial charge on any atom is -0.481 e. The quantitative estimate of drug-likeness (QED) is 0.629. The average Bonchev–Trinajstić information content (AvgIpc) is 3.07. The van der Waals surface area contributed by atoms with Crippen molar-refractivity contribution in [1.29, 1.82) is 0 Å².